The Balaban J connectivity index is 2.40. The molecule has 1 heterocycles. The summed E-state index contributed by atoms with van der Waals surface area (Å²) in [6, 6.07) is 8.53. The Morgan fingerprint density at radius 1 is 1.21 bits per heavy atom. The minimum Gasteiger partial charge on any atom is -0.120 e. The van der Waals surface area contributed by atoms with E-state index in [0.29, 0.717) is 5.25 Å². The highest BCUT2D eigenvalue weighted by atomic mass is 32.2. The molecule has 67 valence electrons. The third-order valence-corrected chi connectivity index (χ3v) is 3.56. The van der Waals surface area contributed by atoms with Gasteiger partial charge in [0.05, 0.1) is 5.25 Å². The summed E-state index contributed by atoms with van der Waals surface area (Å²) in [7, 11) is 0. The summed E-state index contributed by atoms with van der Waals surface area (Å²) < 4.78 is 0. The fourth-order valence-electron chi connectivity index (χ4n) is 1.82. The van der Waals surface area contributed by atoms with Crippen molar-refractivity contribution in [1.82, 2.24) is 0 Å². The van der Waals surface area contributed by atoms with E-state index in [-0.39, 0.29) is 0 Å². The number of hydrogen-bond donors (Lipinski definition) is 0. The molecule has 2 aliphatic rings. The van der Waals surface area contributed by atoms with Gasteiger partial charge in [0.15, 0.2) is 0 Å². The minimum atomic E-state index is 0.398. The topological polar surface area (TPSA) is 0 Å². The number of rotatable bonds is 0. The van der Waals surface area contributed by atoms with Gasteiger partial charge < -0.3 is 0 Å². The van der Waals surface area contributed by atoms with Gasteiger partial charge in [0, 0.05) is 0 Å². The maximum atomic E-state index is 3.34. The van der Waals surface area contributed by atoms with Crippen LogP contribution in [0.5, 0.6) is 0 Å². The van der Waals surface area contributed by atoms with Gasteiger partial charge in [-0.1, -0.05) is 42.5 Å². The van der Waals surface area contributed by atoms with E-state index in [2.05, 4.69) is 47.9 Å². The maximum absolute atomic E-state index is 3.34. The Kier molecular flexibility index (Phi) is 1.84. The highest BCUT2D eigenvalue weighted by Crippen LogP contribution is 2.26. The molecule has 1 heteroatoms. The van der Waals surface area contributed by atoms with E-state index in [1.807, 2.05) is 17.8 Å². The Morgan fingerprint density at radius 3 is 3.14 bits per heavy atom. The van der Waals surface area contributed by atoms with Gasteiger partial charge in [-0.25, -0.2) is 0 Å². The first-order valence-electron chi connectivity index (χ1n) is 4.66. The molecule has 1 unspecified atom stereocenters. The molecule has 0 N–H and O–H groups in total. The van der Waals surface area contributed by atoms with E-state index in [9.17, 15) is 0 Å². The van der Waals surface area contributed by atoms with Crippen LogP contribution >= 0.6 is 11.8 Å². The lowest BCUT2D eigenvalue weighted by molar-refractivity contribution is 1.32. The zero-order valence-electron chi connectivity index (χ0n) is 7.60. The zero-order chi connectivity index (χ0) is 9.38. The second-order valence-corrected chi connectivity index (χ2v) is 4.35. The van der Waals surface area contributed by atoms with Crippen LogP contribution in [0.2, 0.25) is 0 Å². The highest BCUT2D eigenvalue weighted by molar-refractivity contribution is 8.07. The summed E-state index contributed by atoms with van der Waals surface area (Å²) in [5.41, 5.74) is 1.38. The van der Waals surface area contributed by atoms with Crippen molar-refractivity contribution < 1.29 is 0 Å². The zero-order valence-corrected chi connectivity index (χ0v) is 8.42. The first kappa shape index (κ1) is 8.13. The molecule has 1 atom stereocenters. The van der Waals surface area contributed by atoms with E-state index in [4.69, 9.17) is 0 Å². The van der Waals surface area contributed by atoms with Gasteiger partial charge in [-0.2, -0.15) is 0 Å². The van der Waals surface area contributed by atoms with Crippen molar-refractivity contribution in [2.45, 2.75) is 5.25 Å². The van der Waals surface area contributed by atoms with Crippen molar-refractivity contribution in [2.24, 2.45) is 0 Å². The maximum Gasteiger partial charge on any atom is 0.0597 e. The van der Waals surface area contributed by atoms with Crippen molar-refractivity contribution in [3.63, 3.8) is 0 Å². The van der Waals surface area contributed by atoms with Crippen LogP contribution in [0.25, 0.3) is 11.0 Å². The Hall–Kier alpha value is -1.21. The van der Waals surface area contributed by atoms with Gasteiger partial charge in [-0.3, -0.25) is 0 Å². The van der Waals surface area contributed by atoms with Crippen LogP contribution in [0, 0.1) is 6.08 Å². The molecule has 1 aliphatic carbocycles. The first-order chi connectivity index (χ1) is 6.95. The van der Waals surface area contributed by atoms with Crippen molar-refractivity contribution in [2.75, 3.05) is 0 Å². The van der Waals surface area contributed by atoms with Crippen LogP contribution in [-0.4, -0.2) is 5.25 Å². The molecule has 0 amide bonds. The van der Waals surface area contributed by atoms with Gasteiger partial charge >= 0.3 is 0 Å². The molecule has 0 fully saturated rings. The predicted octanol–water partition coefficient (Wildman–Crippen LogP) is 1.62. The normalized spacial score (nSPS) is 22.6. The third kappa shape index (κ3) is 1.17. The average Bonchev–Trinajstić information content (AvgIpc) is 2.29. The summed E-state index contributed by atoms with van der Waals surface area (Å²) >= 11 is 1.83. The second-order valence-electron chi connectivity index (χ2n) is 3.37. The fraction of sp³-hybridized carbons (Fsp3) is 0.0769. The summed E-state index contributed by atoms with van der Waals surface area (Å²) in [5.74, 6) is 0. The molecule has 0 nitrogen and oxygen atoms in total. The number of thioether (sulfide) groups is 1. The summed E-state index contributed by atoms with van der Waals surface area (Å²) in [4.78, 5) is 0. The minimum absolute atomic E-state index is 0.398. The molecule has 14 heavy (non-hydrogen) atoms. The molecule has 0 saturated heterocycles. The fourth-order valence-corrected chi connectivity index (χ4v) is 2.82. The van der Waals surface area contributed by atoms with Crippen LogP contribution in [0.4, 0.5) is 0 Å². The second kappa shape index (κ2) is 3.18. The van der Waals surface area contributed by atoms with E-state index >= 15 is 0 Å². The van der Waals surface area contributed by atoms with Gasteiger partial charge in [0.25, 0.3) is 0 Å². The van der Waals surface area contributed by atoms with Gasteiger partial charge in [-0.05, 0) is 27.5 Å². The quantitative estimate of drug-likeness (QED) is 0.609. The first-order valence-corrected chi connectivity index (χ1v) is 5.60. The number of benzene rings is 1. The van der Waals surface area contributed by atoms with Crippen LogP contribution < -0.4 is 10.4 Å². The molecule has 3 rings (SSSR count). The van der Waals surface area contributed by atoms with E-state index in [1.54, 1.807) is 0 Å². The molecular weight excluding hydrogens is 188 g/mol. The SMILES string of the molecule is [C]1=CC=CC2=c3ccccc3=CSC12. The smallest absolute Gasteiger partial charge is 0.0597 e. The van der Waals surface area contributed by atoms with E-state index in [0.717, 1.165) is 0 Å². The lowest BCUT2D eigenvalue weighted by Crippen LogP contribution is -2.32. The van der Waals surface area contributed by atoms with Crippen molar-refractivity contribution in [1.29, 1.82) is 0 Å². The van der Waals surface area contributed by atoms with Crippen LogP contribution in [-0.2, 0) is 0 Å². The van der Waals surface area contributed by atoms with Crippen LogP contribution in [0.3, 0.4) is 0 Å². The molecule has 1 aliphatic heterocycles. The Morgan fingerprint density at radius 2 is 2.14 bits per heavy atom. The molecule has 0 spiro atoms. The van der Waals surface area contributed by atoms with E-state index in [1.165, 1.54) is 16.0 Å². The number of hydrogen-bond acceptors (Lipinski definition) is 1. The summed E-state index contributed by atoms with van der Waals surface area (Å²) in [5, 5.41) is 5.31. The molecule has 0 bridgehead atoms. The van der Waals surface area contributed by atoms with E-state index < -0.39 is 0 Å². The molecule has 0 aromatic heterocycles. The molecule has 1 aromatic rings. The van der Waals surface area contributed by atoms with Gasteiger partial charge in [0.2, 0.25) is 0 Å². The molecular formula is C13H9S. The Bertz CT molecular complexity index is 535. The largest absolute Gasteiger partial charge is 0.120 e. The standard InChI is InChI=1S/C13H9S/c1-2-6-11-10(5-1)9-14-13-8-4-3-7-12(11)13/h1-7,9,13H. The average molecular weight is 197 g/mol. The number of allylic oxidation sites excluding steroid dienone is 3. The summed E-state index contributed by atoms with van der Waals surface area (Å²) in [6.45, 7) is 0. The van der Waals surface area contributed by atoms with Crippen molar-refractivity contribution in [3.8, 4) is 0 Å². The van der Waals surface area contributed by atoms with Gasteiger partial charge in [-0.15, -0.1) is 11.8 Å². The van der Waals surface area contributed by atoms with Crippen LogP contribution in [0.15, 0.2) is 42.5 Å². The predicted molar refractivity (Wildman–Crippen MR) is 61.9 cm³/mol. The van der Waals surface area contributed by atoms with Gasteiger partial charge in [0.1, 0.15) is 0 Å². The lowest BCUT2D eigenvalue weighted by Gasteiger charge is -2.17. The molecule has 1 radical (unpaired) electrons. The number of fused-ring (bicyclic) bond motifs is 2. The highest BCUT2D eigenvalue weighted by Gasteiger charge is 2.14. The lowest BCUT2D eigenvalue weighted by atomic mass is 10.0. The van der Waals surface area contributed by atoms with Crippen molar-refractivity contribution >= 4 is 22.7 Å². The van der Waals surface area contributed by atoms with Crippen molar-refractivity contribution in [3.05, 3.63) is 59.0 Å². The molecule has 0 saturated carbocycles. The van der Waals surface area contributed by atoms with Crippen LogP contribution in [0.1, 0.15) is 0 Å². The molecule has 1 aromatic carbocycles. The monoisotopic (exact) mass is 197 g/mol. The summed E-state index contributed by atoms with van der Waals surface area (Å²) in [6.07, 6.45) is 9.61. The Labute approximate surface area is 87.3 Å². The third-order valence-electron chi connectivity index (χ3n) is 2.50.